The molecule has 0 aromatic carbocycles. The van der Waals surface area contributed by atoms with Crippen molar-refractivity contribution in [2.75, 3.05) is 0 Å². The molecule has 0 aliphatic heterocycles. The van der Waals surface area contributed by atoms with Gasteiger partial charge in [-0.3, -0.25) is 0 Å². The number of pyridine rings is 2. The first-order chi connectivity index (χ1) is 8.43. The smallest absolute Gasteiger partial charge is 0.116 e. The predicted octanol–water partition coefficient (Wildman–Crippen LogP) is 6.40. The van der Waals surface area contributed by atoms with Crippen molar-refractivity contribution in [2.45, 2.75) is 0 Å². The van der Waals surface area contributed by atoms with E-state index in [9.17, 15) is 0 Å². The van der Waals surface area contributed by atoms with Crippen molar-refractivity contribution in [3.8, 4) is 11.1 Å². The first-order valence-electron chi connectivity index (χ1n) is 4.42. The lowest BCUT2D eigenvalue weighted by Gasteiger charge is -2.13. The summed E-state index contributed by atoms with van der Waals surface area (Å²) in [5.74, 6) is 0. The Morgan fingerprint density at radius 1 is 0.722 bits per heavy atom. The fraction of sp³-hybridized carbons (Fsp3) is 0. The Hall–Kier alpha value is 1.68. The maximum atomic E-state index is 4.29. The number of hydrogen-bond acceptors (Lipinski definition) is 2. The SMILES string of the molecule is Brc1cnc(I)c(Br)c1-c1c(Br)cnc(I)c1Br. The van der Waals surface area contributed by atoms with Gasteiger partial charge in [-0.25, -0.2) is 9.97 Å². The zero-order valence-electron chi connectivity index (χ0n) is 8.32. The highest BCUT2D eigenvalue weighted by Gasteiger charge is 2.19. The van der Waals surface area contributed by atoms with E-state index in [1.54, 1.807) is 12.4 Å². The third kappa shape index (κ3) is 3.12. The molecular formula is C10H2Br4I2N2. The van der Waals surface area contributed by atoms with Gasteiger partial charge in [0.2, 0.25) is 0 Å². The van der Waals surface area contributed by atoms with Gasteiger partial charge in [-0.2, -0.15) is 0 Å². The van der Waals surface area contributed by atoms with Gasteiger partial charge in [0.25, 0.3) is 0 Å². The van der Waals surface area contributed by atoms with Crippen LogP contribution in [0.1, 0.15) is 0 Å². The topological polar surface area (TPSA) is 25.8 Å². The lowest BCUT2D eigenvalue weighted by atomic mass is 10.1. The van der Waals surface area contributed by atoms with E-state index in [1.165, 1.54) is 0 Å². The molecule has 0 unspecified atom stereocenters. The molecule has 94 valence electrons. The molecule has 0 aliphatic rings. The summed E-state index contributed by atoms with van der Waals surface area (Å²) in [6, 6.07) is 0. The van der Waals surface area contributed by atoms with Crippen molar-refractivity contribution in [2.24, 2.45) is 0 Å². The van der Waals surface area contributed by atoms with E-state index in [1.807, 2.05) is 0 Å². The number of nitrogens with zero attached hydrogens (tertiary/aromatic N) is 2. The standard InChI is InChI=1S/C10H2Br4I2N2/c11-3-1-17-9(15)7(13)5(3)6-4(12)2-18-10(16)8(6)14/h1-2H. The zero-order valence-corrected chi connectivity index (χ0v) is 19.0. The molecule has 0 spiro atoms. The summed E-state index contributed by atoms with van der Waals surface area (Å²) in [5, 5.41) is 0. The Bertz CT molecular complexity index is 578. The third-order valence-electron chi connectivity index (χ3n) is 2.11. The average Bonchev–Trinajstić information content (AvgIpc) is 2.33. The second-order valence-corrected chi connectivity index (χ2v) is 8.51. The van der Waals surface area contributed by atoms with Crippen LogP contribution in [0.3, 0.4) is 0 Å². The summed E-state index contributed by atoms with van der Waals surface area (Å²) in [5.41, 5.74) is 2.10. The van der Waals surface area contributed by atoms with Crippen molar-refractivity contribution < 1.29 is 0 Å². The van der Waals surface area contributed by atoms with Crippen molar-refractivity contribution in [1.29, 1.82) is 0 Å². The van der Waals surface area contributed by atoms with Crippen molar-refractivity contribution in [1.82, 2.24) is 9.97 Å². The van der Waals surface area contributed by atoms with Crippen LogP contribution in [0.25, 0.3) is 11.1 Å². The van der Waals surface area contributed by atoms with E-state index in [0.717, 1.165) is 36.4 Å². The molecule has 0 atom stereocenters. The normalized spacial score (nSPS) is 10.8. The second kappa shape index (κ2) is 6.63. The van der Waals surface area contributed by atoms with Gasteiger partial charge in [-0.15, -0.1) is 0 Å². The van der Waals surface area contributed by atoms with Gasteiger partial charge in [0, 0.05) is 32.5 Å². The van der Waals surface area contributed by atoms with E-state index in [4.69, 9.17) is 0 Å². The van der Waals surface area contributed by atoms with Gasteiger partial charge < -0.3 is 0 Å². The van der Waals surface area contributed by atoms with Gasteiger partial charge >= 0.3 is 0 Å². The molecule has 0 radical (unpaired) electrons. The molecule has 0 saturated carbocycles. The molecule has 0 fully saturated rings. The Balaban J connectivity index is 2.85. The van der Waals surface area contributed by atoms with Crippen LogP contribution in [0.2, 0.25) is 0 Å². The number of halogens is 6. The summed E-state index contributed by atoms with van der Waals surface area (Å²) < 4.78 is 5.60. The van der Waals surface area contributed by atoms with Gasteiger partial charge in [0.1, 0.15) is 7.40 Å². The molecular weight excluding hydrogens is 722 g/mol. The summed E-state index contributed by atoms with van der Waals surface area (Å²) >= 11 is 18.7. The molecule has 0 N–H and O–H groups in total. The molecule has 0 amide bonds. The van der Waals surface area contributed by atoms with Gasteiger partial charge in [0.05, 0.1) is 8.95 Å². The fourth-order valence-electron chi connectivity index (χ4n) is 1.34. The summed E-state index contributed by atoms with van der Waals surface area (Å²) in [7, 11) is 0. The maximum absolute atomic E-state index is 4.29. The van der Waals surface area contributed by atoms with Crippen LogP contribution in [0, 0.1) is 7.40 Å². The van der Waals surface area contributed by atoms with Crippen molar-refractivity contribution in [3.05, 3.63) is 37.7 Å². The quantitative estimate of drug-likeness (QED) is 0.252. The maximum Gasteiger partial charge on any atom is 0.116 e. The summed E-state index contributed by atoms with van der Waals surface area (Å²) in [6.45, 7) is 0. The van der Waals surface area contributed by atoms with Crippen molar-refractivity contribution >= 4 is 109 Å². The van der Waals surface area contributed by atoms with Crippen LogP contribution in [0.4, 0.5) is 0 Å². The molecule has 0 aliphatic carbocycles. The molecule has 18 heavy (non-hydrogen) atoms. The first kappa shape index (κ1) is 16.1. The number of hydrogen-bond donors (Lipinski definition) is 0. The van der Waals surface area contributed by atoms with Gasteiger partial charge in [-0.05, 0) is 109 Å². The lowest BCUT2D eigenvalue weighted by molar-refractivity contribution is 1.21. The highest BCUT2D eigenvalue weighted by atomic mass is 127. The predicted molar refractivity (Wildman–Crippen MR) is 104 cm³/mol. The monoisotopic (exact) mass is 720 g/mol. The molecule has 0 saturated heterocycles. The van der Waals surface area contributed by atoms with Crippen LogP contribution in [0.15, 0.2) is 30.3 Å². The second-order valence-electron chi connectivity index (χ2n) is 3.17. The summed E-state index contributed by atoms with van der Waals surface area (Å²) in [4.78, 5) is 8.58. The lowest BCUT2D eigenvalue weighted by Crippen LogP contribution is -1.94. The Labute approximate surface area is 165 Å². The fourth-order valence-corrected chi connectivity index (χ4v) is 4.72. The number of aromatic nitrogens is 2. The van der Waals surface area contributed by atoms with E-state index in [-0.39, 0.29) is 0 Å². The Morgan fingerprint density at radius 2 is 1.06 bits per heavy atom. The molecule has 0 bridgehead atoms. The Kier molecular flexibility index (Phi) is 5.91. The van der Waals surface area contributed by atoms with E-state index in [0.29, 0.717) is 0 Å². The molecule has 8 heteroatoms. The Morgan fingerprint density at radius 3 is 1.39 bits per heavy atom. The minimum Gasteiger partial charge on any atom is -0.248 e. The minimum atomic E-state index is 0.913. The van der Waals surface area contributed by atoms with E-state index in [2.05, 4.69) is 119 Å². The molecule has 2 nitrogen and oxygen atoms in total. The minimum absolute atomic E-state index is 0.913. The molecule has 2 aromatic heterocycles. The molecule has 2 heterocycles. The van der Waals surface area contributed by atoms with Crippen LogP contribution in [0.5, 0.6) is 0 Å². The highest BCUT2D eigenvalue weighted by Crippen LogP contribution is 2.44. The zero-order chi connectivity index (χ0) is 13.4. The highest BCUT2D eigenvalue weighted by molar-refractivity contribution is 14.1. The summed E-state index contributed by atoms with van der Waals surface area (Å²) in [6.07, 6.45) is 3.60. The van der Waals surface area contributed by atoms with E-state index < -0.39 is 0 Å². The molecule has 2 rings (SSSR count). The third-order valence-corrected chi connectivity index (χ3v) is 7.98. The first-order valence-corrected chi connectivity index (χ1v) is 9.75. The molecule has 2 aromatic rings. The van der Waals surface area contributed by atoms with Crippen LogP contribution < -0.4 is 0 Å². The van der Waals surface area contributed by atoms with Gasteiger partial charge in [0.15, 0.2) is 0 Å². The van der Waals surface area contributed by atoms with Crippen molar-refractivity contribution in [3.63, 3.8) is 0 Å². The van der Waals surface area contributed by atoms with E-state index >= 15 is 0 Å². The number of rotatable bonds is 1. The largest absolute Gasteiger partial charge is 0.248 e. The van der Waals surface area contributed by atoms with Gasteiger partial charge in [-0.1, -0.05) is 0 Å². The average molecular weight is 724 g/mol. The van der Waals surface area contributed by atoms with Crippen LogP contribution in [-0.4, -0.2) is 9.97 Å². The van der Waals surface area contributed by atoms with Crippen LogP contribution in [-0.2, 0) is 0 Å². The van der Waals surface area contributed by atoms with Crippen LogP contribution >= 0.6 is 109 Å².